The van der Waals surface area contributed by atoms with Crippen molar-refractivity contribution in [1.29, 1.82) is 0 Å². The zero-order valence-electron chi connectivity index (χ0n) is 34.3. The lowest BCUT2D eigenvalue weighted by atomic mass is 9.91. The summed E-state index contributed by atoms with van der Waals surface area (Å²) >= 11 is 0. The molecule has 0 aliphatic heterocycles. The number of nitrogens with two attached hydrogens (primary N) is 1. The predicted molar refractivity (Wildman–Crippen MR) is 214 cm³/mol. The highest BCUT2D eigenvalue weighted by Gasteiger charge is 2.31. The van der Waals surface area contributed by atoms with E-state index in [4.69, 9.17) is 19.9 Å². The van der Waals surface area contributed by atoms with E-state index in [2.05, 4.69) is 52.9 Å². The molecule has 0 fully saturated rings. The minimum atomic E-state index is -0.566. The average Bonchev–Trinajstić information content (AvgIpc) is 3.02. The van der Waals surface area contributed by atoms with E-state index < -0.39 is 17.2 Å². The van der Waals surface area contributed by atoms with E-state index >= 15 is 0 Å². The number of nitrogens with zero attached hydrogens (tertiary/aromatic N) is 4. The van der Waals surface area contributed by atoms with Crippen LogP contribution in [0.15, 0.2) is 61.2 Å². The molecule has 0 bridgehead atoms. The van der Waals surface area contributed by atoms with Gasteiger partial charge >= 0.3 is 6.09 Å². The quantitative estimate of drug-likeness (QED) is 0.138. The minimum Gasteiger partial charge on any atom is -0.490 e. The van der Waals surface area contributed by atoms with Crippen molar-refractivity contribution < 1.29 is 19.0 Å². The maximum atomic E-state index is 12.4. The summed E-state index contributed by atoms with van der Waals surface area (Å²) in [7, 11) is 0. The number of nitrogens with one attached hydrogen (secondary N) is 1. The molecule has 0 aromatic carbocycles. The summed E-state index contributed by atoms with van der Waals surface area (Å²) in [6.07, 6.45) is 8.35. The van der Waals surface area contributed by atoms with Crippen molar-refractivity contribution >= 4 is 6.09 Å². The van der Waals surface area contributed by atoms with Crippen molar-refractivity contribution in [2.75, 3.05) is 13.2 Å². The fraction of sp³-hybridized carbons (Fsp3) is 0.512. The summed E-state index contributed by atoms with van der Waals surface area (Å²) in [5.74, 6) is 2.42. The van der Waals surface area contributed by atoms with Crippen LogP contribution < -0.4 is 20.5 Å². The lowest BCUT2D eigenvalue weighted by Crippen LogP contribution is -2.52. The Balaban J connectivity index is 0.000000295. The number of hydrogen-bond donors (Lipinski definition) is 2. The molecule has 10 heteroatoms. The van der Waals surface area contributed by atoms with Gasteiger partial charge in [-0.05, 0) is 135 Å². The van der Waals surface area contributed by atoms with Crippen LogP contribution in [0.4, 0.5) is 4.79 Å². The molecule has 10 nitrogen and oxygen atoms in total. The summed E-state index contributed by atoms with van der Waals surface area (Å²) < 4.78 is 17.5. The molecular weight excluding hydrogens is 665 g/mol. The van der Waals surface area contributed by atoms with Gasteiger partial charge in [-0.2, -0.15) is 0 Å². The Bertz CT molecular complexity index is 1800. The lowest BCUT2D eigenvalue weighted by molar-refractivity contribution is 0.0407. The third-order valence-electron chi connectivity index (χ3n) is 8.15. The standard InChI is InChI=1S/C24H35N3O3.C19H27N3O/c1-16(2)13-24(8,27-22(28)30-23(5,6)7)15-29-21-14-26-20(11-17(21)3)19-9-10-25-18(4)12-19;1-13(2)10-19(5,20)12-23-18-11-22-17(8-14(18)3)16-6-7-21-15(4)9-16/h9-12,14,16H,13,15H2,1-8H3,(H,27,28);6-9,11,13H,10,12,20H2,1-5H3/t24-;19-/m00/s1. The van der Waals surface area contributed by atoms with Crippen molar-refractivity contribution in [3.05, 3.63) is 83.7 Å². The SMILES string of the molecule is Cc1cc(-c2cc(C)c(OC[C@@](C)(N)CC(C)C)cn2)ccn1.Cc1cc(-c2cc(C)c(OC[C@](C)(CC(C)C)NC(=O)OC(C)(C)C)cn2)ccn1. The first-order chi connectivity index (χ1) is 24.6. The molecule has 0 spiro atoms. The Kier molecular flexibility index (Phi) is 14.9. The number of carbonyl (C=O) groups is 1. The third-order valence-corrected chi connectivity index (χ3v) is 8.15. The molecule has 4 aromatic heterocycles. The average molecular weight is 727 g/mol. The van der Waals surface area contributed by atoms with Crippen molar-refractivity contribution in [3.8, 4) is 34.0 Å². The fourth-order valence-electron chi connectivity index (χ4n) is 6.18. The predicted octanol–water partition coefficient (Wildman–Crippen LogP) is 9.37. The zero-order chi connectivity index (χ0) is 39.6. The molecule has 2 atom stereocenters. The maximum Gasteiger partial charge on any atom is 0.408 e. The van der Waals surface area contributed by atoms with Gasteiger partial charge in [0.15, 0.2) is 0 Å². The van der Waals surface area contributed by atoms with E-state index in [0.29, 0.717) is 30.8 Å². The van der Waals surface area contributed by atoms with Crippen LogP contribution in [-0.2, 0) is 4.74 Å². The largest absolute Gasteiger partial charge is 0.490 e. The number of hydrogen-bond acceptors (Lipinski definition) is 9. The molecule has 288 valence electrons. The van der Waals surface area contributed by atoms with Crippen LogP contribution in [0.25, 0.3) is 22.5 Å². The van der Waals surface area contributed by atoms with Gasteiger partial charge in [-0.3, -0.25) is 19.9 Å². The zero-order valence-corrected chi connectivity index (χ0v) is 34.3. The first-order valence-corrected chi connectivity index (χ1v) is 18.5. The molecule has 4 aromatic rings. The Morgan fingerprint density at radius 3 is 1.55 bits per heavy atom. The van der Waals surface area contributed by atoms with Crippen LogP contribution in [-0.4, -0.2) is 55.9 Å². The normalized spacial score (nSPS) is 13.7. The molecule has 53 heavy (non-hydrogen) atoms. The highest BCUT2D eigenvalue weighted by atomic mass is 16.6. The van der Waals surface area contributed by atoms with Gasteiger partial charge in [-0.1, -0.05) is 27.7 Å². The number of rotatable bonds is 13. The number of carbonyl (C=O) groups excluding carboxylic acids is 1. The van der Waals surface area contributed by atoms with Crippen LogP contribution >= 0.6 is 0 Å². The molecule has 1 amide bonds. The van der Waals surface area contributed by atoms with Gasteiger partial charge in [0.2, 0.25) is 0 Å². The Morgan fingerprint density at radius 2 is 1.15 bits per heavy atom. The van der Waals surface area contributed by atoms with E-state index in [-0.39, 0.29) is 5.54 Å². The van der Waals surface area contributed by atoms with Gasteiger partial charge in [0.1, 0.15) is 30.3 Å². The van der Waals surface area contributed by atoms with Crippen LogP contribution in [0.1, 0.15) is 97.7 Å². The molecule has 0 unspecified atom stereocenters. The maximum absolute atomic E-state index is 12.4. The van der Waals surface area contributed by atoms with E-state index in [9.17, 15) is 4.79 Å². The van der Waals surface area contributed by atoms with Gasteiger partial charge in [0.25, 0.3) is 0 Å². The van der Waals surface area contributed by atoms with E-state index in [1.54, 1.807) is 24.8 Å². The Hall–Kier alpha value is -4.57. The van der Waals surface area contributed by atoms with Crippen LogP contribution in [0, 0.1) is 39.5 Å². The summed E-state index contributed by atoms with van der Waals surface area (Å²) in [6.45, 7) is 26.9. The summed E-state index contributed by atoms with van der Waals surface area (Å²) in [6, 6.07) is 12.0. The third kappa shape index (κ3) is 14.8. The molecule has 0 radical (unpaired) electrons. The smallest absolute Gasteiger partial charge is 0.408 e. The molecule has 0 aliphatic rings. The number of alkyl carbamates (subject to hydrolysis) is 1. The van der Waals surface area contributed by atoms with Gasteiger partial charge in [-0.25, -0.2) is 4.79 Å². The minimum absolute atomic E-state index is 0.320. The molecule has 3 N–H and O–H groups in total. The van der Waals surface area contributed by atoms with E-state index in [0.717, 1.165) is 63.6 Å². The number of ether oxygens (including phenoxy) is 3. The van der Waals surface area contributed by atoms with Crippen LogP contribution in [0.2, 0.25) is 0 Å². The summed E-state index contributed by atoms with van der Waals surface area (Å²) in [4.78, 5) is 29.9. The summed E-state index contributed by atoms with van der Waals surface area (Å²) in [5.41, 5.74) is 12.7. The molecular formula is C43H62N6O4. The first kappa shape index (κ1) is 42.8. The Labute approximate surface area is 317 Å². The summed E-state index contributed by atoms with van der Waals surface area (Å²) in [5, 5.41) is 3.00. The highest BCUT2D eigenvalue weighted by molar-refractivity contribution is 5.69. The van der Waals surface area contributed by atoms with Crippen LogP contribution in [0.3, 0.4) is 0 Å². The van der Waals surface area contributed by atoms with Crippen LogP contribution in [0.5, 0.6) is 11.5 Å². The van der Waals surface area contributed by atoms with Gasteiger partial charge in [0.05, 0.1) is 29.3 Å². The van der Waals surface area contributed by atoms with Crippen molar-refractivity contribution in [2.45, 2.75) is 120 Å². The number of pyridine rings is 4. The molecule has 0 saturated heterocycles. The first-order valence-electron chi connectivity index (χ1n) is 18.5. The van der Waals surface area contributed by atoms with Gasteiger partial charge in [-0.15, -0.1) is 0 Å². The molecule has 4 heterocycles. The molecule has 0 saturated carbocycles. The van der Waals surface area contributed by atoms with Crippen molar-refractivity contribution in [1.82, 2.24) is 25.3 Å². The second kappa shape index (κ2) is 18.5. The number of amides is 1. The second-order valence-corrected chi connectivity index (χ2v) is 16.7. The van der Waals surface area contributed by atoms with E-state index in [1.165, 1.54) is 0 Å². The Morgan fingerprint density at radius 1 is 0.698 bits per heavy atom. The molecule has 0 aliphatic carbocycles. The lowest BCUT2D eigenvalue weighted by Gasteiger charge is -2.33. The monoisotopic (exact) mass is 726 g/mol. The topological polar surface area (TPSA) is 134 Å². The van der Waals surface area contributed by atoms with E-state index in [1.807, 2.05) is 98.7 Å². The second-order valence-electron chi connectivity index (χ2n) is 16.7. The van der Waals surface area contributed by atoms with Crippen molar-refractivity contribution in [3.63, 3.8) is 0 Å². The number of aromatic nitrogens is 4. The fourth-order valence-corrected chi connectivity index (χ4v) is 6.18. The molecule has 4 rings (SSSR count). The number of aryl methyl sites for hydroxylation is 4. The highest BCUT2D eigenvalue weighted by Crippen LogP contribution is 2.27. The van der Waals surface area contributed by atoms with Gasteiger partial charge in [0, 0.05) is 40.4 Å². The van der Waals surface area contributed by atoms with Crippen molar-refractivity contribution in [2.24, 2.45) is 17.6 Å². The van der Waals surface area contributed by atoms with Gasteiger partial charge < -0.3 is 25.3 Å².